The number of aromatic amines is 1. The van der Waals surface area contributed by atoms with Crippen molar-refractivity contribution in [2.75, 3.05) is 0 Å². The van der Waals surface area contributed by atoms with Crippen molar-refractivity contribution in [3.05, 3.63) is 56.8 Å². The van der Waals surface area contributed by atoms with Gasteiger partial charge in [-0.3, -0.25) is 9.59 Å². The number of carbonyl (C=O) groups is 1. The van der Waals surface area contributed by atoms with E-state index in [1.54, 1.807) is 12.1 Å². The van der Waals surface area contributed by atoms with Crippen LogP contribution in [0.1, 0.15) is 5.56 Å². The van der Waals surface area contributed by atoms with Gasteiger partial charge >= 0.3 is 5.97 Å². The maximum absolute atomic E-state index is 11.7. The fraction of sp³-hybridized carbons (Fsp3) is 0.0769. The van der Waals surface area contributed by atoms with E-state index >= 15 is 0 Å². The molecule has 0 unspecified atom stereocenters. The summed E-state index contributed by atoms with van der Waals surface area (Å²) in [4.78, 5) is 24.9. The van der Waals surface area contributed by atoms with Crippen LogP contribution in [0.4, 0.5) is 0 Å². The highest BCUT2D eigenvalue weighted by Gasteiger charge is 2.06. The molecule has 0 fully saturated rings. The second kappa shape index (κ2) is 5.18. The van der Waals surface area contributed by atoms with Gasteiger partial charge in [0.05, 0.1) is 6.42 Å². The fourth-order valence-corrected chi connectivity index (χ4v) is 1.87. The van der Waals surface area contributed by atoms with E-state index in [9.17, 15) is 9.59 Å². The first-order valence-corrected chi connectivity index (χ1v) is 6.05. The second-order valence-electron chi connectivity index (χ2n) is 3.80. The summed E-state index contributed by atoms with van der Waals surface area (Å²) >= 11 is 3.33. The summed E-state index contributed by atoms with van der Waals surface area (Å²) in [6.45, 7) is 0. The van der Waals surface area contributed by atoms with Gasteiger partial charge in [-0.25, -0.2) is 0 Å². The van der Waals surface area contributed by atoms with Crippen LogP contribution in [0.3, 0.4) is 0 Å². The number of carboxylic acid groups (broad SMARTS) is 1. The molecule has 0 spiro atoms. The monoisotopic (exact) mass is 307 g/mol. The van der Waals surface area contributed by atoms with Gasteiger partial charge in [-0.15, -0.1) is 0 Å². The smallest absolute Gasteiger partial charge is 0.308 e. The predicted octanol–water partition coefficient (Wildman–Crippen LogP) is 2.43. The Morgan fingerprint density at radius 1 is 1.17 bits per heavy atom. The third kappa shape index (κ3) is 2.87. The zero-order chi connectivity index (χ0) is 13.1. The Morgan fingerprint density at radius 3 is 2.39 bits per heavy atom. The van der Waals surface area contributed by atoms with Crippen LogP contribution >= 0.6 is 15.9 Å². The Balaban J connectivity index is 2.37. The van der Waals surface area contributed by atoms with Crippen LogP contribution in [-0.4, -0.2) is 16.1 Å². The normalized spacial score (nSPS) is 10.3. The van der Waals surface area contributed by atoms with Crippen molar-refractivity contribution in [1.29, 1.82) is 0 Å². The van der Waals surface area contributed by atoms with Gasteiger partial charge in [0.15, 0.2) is 0 Å². The summed E-state index contributed by atoms with van der Waals surface area (Å²) in [6, 6.07) is 10.7. The van der Waals surface area contributed by atoms with Gasteiger partial charge in [-0.2, -0.15) is 0 Å². The summed E-state index contributed by atoms with van der Waals surface area (Å²) in [7, 11) is 0. The molecule has 0 aliphatic heterocycles. The maximum Gasteiger partial charge on any atom is 0.308 e. The molecule has 18 heavy (non-hydrogen) atoms. The number of rotatable bonds is 3. The summed E-state index contributed by atoms with van der Waals surface area (Å²) in [5.41, 5.74) is 1.43. The molecule has 0 aliphatic rings. The Labute approximate surface area is 111 Å². The lowest BCUT2D eigenvalue weighted by molar-refractivity contribution is -0.136. The third-order valence-corrected chi connectivity index (χ3v) is 3.02. The van der Waals surface area contributed by atoms with Crippen molar-refractivity contribution < 1.29 is 9.90 Å². The number of hydrogen-bond donors (Lipinski definition) is 2. The molecule has 0 radical (unpaired) electrons. The number of carboxylic acids is 1. The zero-order valence-electron chi connectivity index (χ0n) is 9.31. The van der Waals surface area contributed by atoms with Crippen LogP contribution in [0.5, 0.6) is 0 Å². The van der Waals surface area contributed by atoms with E-state index in [1.807, 2.05) is 24.3 Å². The van der Waals surface area contributed by atoms with Crippen molar-refractivity contribution in [1.82, 2.24) is 4.98 Å². The molecule has 1 heterocycles. The SMILES string of the molecule is O=C(O)Cc1ccc(-c2ccc(Br)cc2)[nH]c1=O. The summed E-state index contributed by atoms with van der Waals surface area (Å²) in [5, 5.41) is 8.65. The van der Waals surface area contributed by atoms with Gasteiger partial charge in [-0.05, 0) is 23.8 Å². The molecule has 0 saturated carbocycles. The summed E-state index contributed by atoms with van der Waals surface area (Å²) in [6.07, 6.45) is -0.268. The van der Waals surface area contributed by atoms with Gasteiger partial charge in [0.1, 0.15) is 0 Å². The molecule has 4 nitrogen and oxygen atoms in total. The number of aromatic nitrogens is 1. The van der Waals surface area contributed by atoms with Gasteiger partial charge in [-0.1, -0.05) is 34.1 Å². The number of nitrogens with one attached hydrogen (secondary N) is 1. The minimum Gasteiger partial charge on any atom is -0.481 e. The lowest BCUT2D eigenvalue weighted by Gasteiger charge is -2.03. The van der Waals surface area contributed by atoms with E-state index in [1.165, 1.54) is 0 Å². The molecule has 2 rings (SSSR count). The van der Waals surface area contributed by atoms with Gasteiger partial charge in [0, 0.05) is 15.7 Å². The quantitative estimate of drug-likeness (QED) is 0.915. The molecular weight excluding hydrogens is 298 g/mol. The van der Waals surface area contributed by atoms with E-state index < -0.39 is 5.97 Å². The topological polar surface area (TPSA) is 70.2 Å². The van der Waals surface area contributed by atoms with Crippen molar-refractivity contribution in [3.8, 4) is 11.3 Å². The molecule has 0 bridgehead atoms. The Bertz CT molecular complexity index is 631. The lowest BCUT2D eigenvalue weighted by atomic mass is 10.1. The Hall–Kier alpha value is -1.88. The van der Waals surface area contributed by atoms with Gasteiger partial charge in [0.25, 0.3) is 5.56 Å². The standard InChI is InChI=1S/C13H10BrNO3/c14-10-4-1-8(2-5-10)11-6-3-9(7-12(16)17)13(18)15-11/h1-6H,7H2,(H,15,18)(H,16,17). The third-order valence-electron chi connectivity index (χ3n) is 2.49. The van der Waals surface area contributed by atoms with Crippen LogP contribution in [0.15, 0.2) is 45.7 Å². The van der Waals surface area contributed by atoms with E-state index in [0.29, 0.717) is 5.69 Å². The van der Waals surface area contributed by atoms with Gasteiger partial charge in [0.2, 0.25) is 0 Å². The van der Waals surface area contributed by atoms with Crippen LogP contribution in [0.25, 0.3) is 11.3 Å². The Kier molecular flexibility index (Phi) is 3.62. The minimum atomic E-state index is -1.02. The first-order chi connectivity index (χ1) is 8.56. The van der Waals surface area contributed by atoms with Crippen molar-refractivity contribution in [2.24, 2.45) is 0 Å². The number of hydrogen-bond acceptors (Lipinski definition) is 2. The Morgan fingerprint density at radius 2 is 1.83 bits per heavy atom. The second-order valence-corrected chi connectivity index (χ2v) is 4.72. The zero-order valence-corrected chi connectivity index (χ0v) is 10.9. The molecule has 0 amide bonds. The molecule has 5 heteroatoms. The highest BCUT2D eigenvalue weighted by Crippen LogP contribution is 2.19. The van der Waals surface area contributed by atoms with Crippen LogP contribution in [-0.2, 0) is 11.2 Å². The van der Waals surface area contributed by atoms with Crippen molar-refractivity contribution in [3.63, 3.8) is 0 Å². The van der Waals surface area contributed by atoms with Crippen molar-refractivity contribution in [2.45, 2.75) is 6.42 Å². The number of benzene rings is 1. The number of halogens is 1. The summed E-state index contributed by atoms with van der Waals surface area (Å²) in [5.74, 6) is -1.02. The first kappa shape index (κ1) is 12.6. The van der Waals surface area contributed by atoms with E-state index in [4.69, 9.17) is 5.11 Å². The van der Waals surface area contributed by atoms with E-state index in [2.05, 4.69) is 20.9 Å². The maximum atomic E-state index is 11.7. The van der Waals surface area contributed by atoms with E-state index in [-0.39, 0.29) is 17.5 Å². The highest BCUT2D eigenvalue weighted by atomic mass is 79.9. The lowest BCUT2D eigenvalue weighted by Crippen LogP contribution is -2.16. The first-order valence-electron chi connectivity index (χ1n) is 5.26. The number of H-pyrrole nitrogens is 1. The van der Waals surface area contributed by atoms with Crippen LogP contribution < -0.4 is 5.56 Å². The number of aliphatic carboxylic acids is 1. The average molecular weight is 308 g/mol. The average Bonchev–Trinajstić information content (AvgIpc) is 2.32. The molecule has 2 N–H and O–H groups in total. The van der Waals surface area contributed by atoms with Gasteiger partial charge < -0.3 is 10.1 Å². The van der Waals surface area contributed by atoms with E-state index in [0.717, 1.165) is 10.0 Å². The predicted molar refractivity (Wildman–Crippen MR) is 71.5 cm³/mol. The molecule has 0 aliphatic carbocycles. The molecule has 0 atom stereocenters. The highest BCUT2D eigenvalue weighted by molar-refractivity contribution is 9.10. The van der Waals surface area contributed by atoms with Crippen molar-refractivity contribution >= 4 is 21.9 Å². The minimum absolute atomic E-state index is 0.253. The molecule has 2 aromatic rings. The summed E-state index contributed by atoms with van der Waals surface area (Å²) < 4.78 is 0.955. The largest absolute Gasteiger partial charge is 0.481 e. The fourth-order valence-electron chi connectivity index (χ4n) is 1.60. The number of pyridine rings is 1. The molecular formula is C13H10BrNO3. The molecule has 1 aromatic carbocycles. The van der Waals surface area contributed by atoms with Crippen LogP contribution in [0.2, 0.25) is 0 Å². The molecule has 92 valence electrons. The molecule has 1 aromatic heterocycles. The molecule has 0 saturated heterocycles. The van der Waals surface area contributed by atoms with Crippen LogP contribution in [0, 0.1) is 0 Å².